The highest BCUT2D eigenvalue weighted by Crippen LogP contribution is 2.64. The lowest BCUT2D eigenvalue weighted by atomic mass is 9.60. The summed E-state index contributed by atoms with van der Waals surface area (Å²) in [5, 5.41) is 40.9. The van der Waals surface area contributed by atoms with E-state index >= 15 is 0 Å². The number of ketones is 1. The first-order chi connectivity index (χ1) is 29.1. The molecule has 0 saturated carbocycles. The number of aromatic hydroxyl groups is 1. The van der Waals surface area contributed by atoms with Gasteiger partial charge in [0.15, 0.2) is 22.9 Å². The summed E-state index contributed by atoms with van der Waals surface area (Å²) in [6.07, 6.45) is 15.7. The number of benzene rings is 2. The van der Waals surface area contributed by atoms with Crippen molar-refractivity contribution in [2.75, 3.05) is 14.2 Å². The second-order valence-corrected chi connectivity index (χ2v) is 17.3. The molecule has 1 saturated heterocycles. The minimum atomic E-state index is -2.16. The van der Waals surface area contributed by atoms with Gasteiger partial charge in [0.2, 0.25) is 5.60 Å². The van der Waals surface area contributed by atoms with Gasteiger partial charge in [-0.1, -0.05) is 41.5 Å². The number of hydrogen-bond donors (Lipinski definition) is 4. The molecule has 4 unspecified atom stereocenters. The van der Waals surface area contributed by atoms with E-state index in [0.717, 1.165) is 23.6 Å². The molecule has 1 fully saturated rings. The Morgan fingerprint density at radius 1 is 0.903 bits per heavy atom. The maximum atomic E-state index is 14.7. The fraction of sp³-hybridized carbons (Fsp3) is 0.429. The zero-order valence-electron chi connectivity index (χ0n) is 37.1. The molecule has 3 aliphatic heterocycles. The summed E-state index contributed by atoms with van der Waals surface area (Å²) in [4.78, 5) is 50.3. The number of carboxylic acids is 3. The van der Waals surface area contributed by atoms with E-state index in [1.165, 1.54) is 31.8 Å². The van der Waals surface area contributed by atoms with Gasteiger partial charge < -0.3 is 44.1 Å². The van der Waals surface area contributed by atoms with E-state index in [-0.39, 0.29) is 34.6 Å². The second kappa shape index (κ2) is 18.1. The summed E-state index contributed by atoms with van der Waals surface area (Å²) >= 11 is 0. The smallest absolute Gasteiger partial charge is 0.340 e. The Kier molecular flexibility index (Phi) is 13.7. The molecular formula is C49H58O13. The molecule has 62 heavy (non-hydrogen) atoms. The monoisotopic (exact) mass is 854 g/mol. The van der Waals surface area contributed by atoms with Gasteiger partial charge in [0.05, 0.1) is 25.4 Å². The summed E-state index contributed by atoms with van der Waals surface area (Å²) in [6, 6.07) is 5.18. The molecule has 13 nitrogen and oxygen atoms in total. The van der Waals surface area contributed by atoms with Crippen LogP contribution in [-0.4, -0.2) is 80.7 Å². The third-order valence-electron chi connectivity index (χ3n) is 11.9. The Balaban J connectivity index is 0.000000409. The summed E-state index contributed by atoms with van der Waals surface area (Å²) in [5.41, 5.74) is -1.92. The predicted octanol–water partition coefficient (Wildman–Crippen LogP) is 9.32. The Morgan fingerprint density at radius 3 is 2.18 bits per heavy atom. The number of allylic oxidation sites excluding steroid dienone is 5. The zero-order chi connectivity index (χ0) is 45.9. The number of phenolic OH excluding ortho intramolecular Hbond substituents is 1. The largest absolute Gasteiger partial charge is 0.506 e. The molecule has 1 aliphatic carbocycles. The van der Waals surface area contributed by atoms with Crippen molar-refractivity contribution in [3.8, 4) is 28.7 Å². The molecule has 4 N–H and O–H groups in total. The highest BCUT2D eigenvalue weighted by Gasteiger charge is 2.77. The molecule has 1 spiro atoms. The quantitative estimate of drug-likeness (QED) is 0.110. The molecular weight excluding hydrogens is 797 g/mol. The second-order valence-electron chi connectivity index (χ2n) is 17.3. The lowest BCUT2D eigenvalue weighted by molar-refractivity contribution is -0.184. The Hall–Kier alpha value is -6.08. The number of aliphatic carboxylic acids is 3. The van der Waals surface area contributed by atoms with Crippen molar-refractivity contribution in [2.24, 2.45) is 5.92 Å². The number of rotatable bonds is 13. The molecule has 6 rings (SSSR count). The first kappa shape index (κ1) is 47.0. The first-order valence-electron chi connectivity index (χ1n) is 20.6. The average Bonchev–Trinajstić information content (AvgIpc) is 3.41. The number of hydrogen-bond acceptors (Lipinski definition) is 10. The van der Waals surface area contributed by atoms with Crippen LogP contribution < -0.4 is 18.9 Å². The molecule has 2 aromatic carbocycles. The molecule has 13 heteroatoms. The van der Waals surface area contributed by atoms with Crippen LogP contribution in [0.25, 0.3) is 12.2 Å². The Bertz CT molecular complexity index is 2330. The fourth-order valence-corrected chi connectivity index (χ4v) is 8.79. The summed E-state index contributed by atoms with van der Waals surface area (Å²) in [6.45, 7) is 14.9. The van der Waals surface area contributed by atoms with Crippen molar-refractivity contribution in [3.05, 3.63) is 99.2 Å². The molecule has 2 aromatic rings. The van der Waals surface area contributed by atoms with Crippen LogP contribution in [-0.2, 0) is 25.5 Å². The van der Waals surface area contributed by atoms with Gasteiger partial charge in [-0.2, -0.15) is 0 Å². The van der Waals surface area contributed by atoms with Crippen molar-refractivity contribution >= 4 is 35.8 Å². The lowest BCUT2D eigenvalue weighted by Gasteiger charge is -2.50. The number of methoxy groups -OCH3 is 2. The zero-order valence-corrected chi connectivity index (χ0v) is 37.1. The molecule has 4 aliphatic rings. The molecule has 332 valence electrons. The first-order valence-corrected chi connectivity index (χ1v) is 20.6. The van der Waals surface area contributed by atoms with Gasteiger partial charge in [0, 0.05) is 35.1 Å². The number of carbonyl (C=O) groups is 4. The number of carbonyl (C=O) groups excluding carboxylic acids is 1. The maximum Gasteiger partial charge on any atom is 0.340 e. The van der Waals surface area contributed by atoms with Gasteiger partial charge in [-0.3, -0.25) is 4.79 Å². The van der Waals surface area contributed by atoms with E-state index in [9.17, 15) is 34.5 Å². The van der Waals surface area contributed by atoms with Crippen molar-refractivity contribution in [2.45, 2.75) is 116 Å². The molecule has 0 amide bonds. The number of Topliss-reactive ketones (excluding diaryl/α,β-unsaturated/α-hetero) is 1. The van der Waals surface area contributed by atoms with Crippen LogP contribution in [0.15, 0.2) is 76.9 Å². The normalized spacial score (nSPS) is 24.0. The number of ether oxygens (including phenoxy) is 5. The molecule has 0 aromatic heterocycles. The summed E-state index contributed by atoms with van der Waals surface area (Å²) in [5.74, 6) is -3.32. The van der Waals surface area contributed by atoms with E-state index in [0.29, 0.717) is 54.1 Å². The van der Waals surface area contributed by atoms with E-state index < -0.39 is 52.0 Å². The van der Waals surface area contributed by atoms with Crippen molar-refractivity contribution in [1.82, 2.24) is 0 Å². The van der Waals surface area contributed by atoms with Crippen molar-refractivity contribution < 1.29 is 63.3 Å². The lowest BCUT2D eigenvalue weighted by Crippen LogP contribution is -2.66. The Labute approximate surface area is 362 Å². The fourth-order valence-electron chi connectivity index (χ4n) is 8.79. The predicted molar refractivity (Wildman–Crippen MR) is 234 cm³/mol. The minimum Gasteiger partial charge on any atom is -0.506 e. The molecule has 0 radical (unpaired) electrons. The van der Waals surface area contributed by atoms with Crippen LogP contribution in [0.5, 0.6) is 28.7 Å². The molecule has 4 atom stereocenters. The van der Waals surface area contributed by atoms with Crippen LogP contribution >= 0.6 is 0 Å². The topological polar surface area (TPSA) is 195 Å². The van der Waals surface area contributed by atoms with Crippen molar-refractivity contribution in [1.29, 1.82) is 0 Å². The summed E-state index contributed by atoms with van der Waals surface area (Å²) < 4.78 is 30.4. The maximum absolute atomic E-state index is 14.7. The van der Waals surface area contributed by atoms with Crippen LogP contribution in [0.3, 0.4) is 0 Å². The minimum absolute atomic E-state index is 0.0407. The SMILES string of the molecule is CC(C)=CCCC1(C)C=Cc2c(O)c3c(c(CC=C(C)C)c2O1)OC12C(=CCCC1C(C)(C)OC2(CC=C(C)C(=O)O)C(=O)O)C3=O.COc1ccc(C=CC(=O)O)cc1OC. The Morgan fingerprint density at radius 2 is 1.58 bits per heavy atom. The number of phenols is 1. The molecule has 0 bridgehead atoms. The van der Waals surface area contributed by atoms with Crippen LogP contribution in [0.4, 0.5) is 0 Å². The van der Waals surface area contributed by atoms with Gasteiger partial charge in [-0.05, 0) is 123 Å². The summed E-state index contributed by atoms with van der Waals surface area (Å²) in [7, 11) is 3.08. The number of carboxylic acid groups (broad SMARTS) is 3. The van der Waals surface area contributed by atoms with E-state index in [2.05, 4.69) is 6.08 Å². The van der Waals surface area contributed by atoms with Crippen LogP contribution in [0.2, 0.25) is 0 Å². The van der Waals surface area contributed by atoms with Crippen LogP contribution in [0, 0.1) is 5.92 Å². The van der Waals surface area contributed by atoms with Gasteiger partial charge >= 0.3 is 17.9 Å². The van der Waals surface area contributed by atoms with E-state index in [4.69, 9.17) is 28.8 Å². The number of fused-ring (bicyclic) bond motifs is 2. The third-order valence-corrected chi connectivity index (χ3v) is 11.9. The van der Waals surface area contributed by atoms with Gasteiger partial charge in [0.1, 0.15) is 28.4 Å². The standard InChI is InChI=1S/C38H46O9.C11H12O4/c1-21(2)11-10-18-36(8)19-17-24-29(39)28-30(40)26-12-9-13-27-35(6,7)47-37(34(43)44,20-16-23(5)33(41)42)38(26,27)46-32(28)25(31(24)45-36)15-14-22(3)4;1-14-9-5-3-8(4-6-11(12)13)7-10(9)15-2/h11-12,14,16-17,19,27,39H,9-10,13,15,18,20H2,1-8H3,(H,41,42)(H,43,44);3-7H,1-2H3,(H,12,13). The van der Waals surface area contributed by atoms with Gasteiger partial charge in [-0.25, -0.2) is 14.4 Å². The van der Waals surface area contributed by atoms with Gasteiger partial charge in [-0.15, -0.1) is 0 Å². The van der Waals surface area contributed by atoms with Crippen molar-refractivity contribution in [3.63, 3.8) is 0 Å². The van der Waals surface area contributed by atoms with Gasteiger partial charge in [0.25, 0.3) is 0 Å². The highest BCUT2D eigenvalue weighted by atomic mass is 16.6. The highest BCUT2D eigenvalue weighted by molar-refractivity contribution is 6.17. The van der Waals surface area contributed by atoms with E-state index in [1.807, 2.05) is 46.8 Å². The third kappa shape index (κ3) is 8.81. The molecule has 3 heterocycles. The van der Waals surface area contributed by atoms with Crippen LogP contribution in [0.1, 0.15) is 115 Å². The average molecular weight is 855 g/mol. The van der Waals surface area contributed by atoms with E-state index in [1.54, 1.807) is 51.3 Å².